The van der Waals surface area contributed by atoms with E-state index in [0.29, 0.717) is 0 Å². The molecule has 270 valence electrons. The van der Waals surface area contributed by atoms with Crippen molar-refractivity contribution in [3.63, 3.8) is 0 Å². The molecule has 5 aromatic carbocycles. The molecule has 0 saturated carbocycles. The maximum absolute atomic E-state index is 6.07. The minimum atomic E-state index is -0.842. The third-order valence-corrected chi connectivity index (χ3v) is 15.3. The number of hydrogen-bond acceptors (Lipinski definition) is 8. The molecule has 0 fully saturated rings. The highest BCUT2D eigenvalue weighted by atomic mass is 31.1. The molecule has 0 bridgehead atoms. The topological polar surface area (TPSA) is 73.8 Å². The van der Waals surface area contributed by atoms with Crippen molar-refractivity contribution in [2.75, 3.05) is 56.9 Å². The van der Waals surface area contributed by atoms with E-state index < -0.39 is 15.8 Å². The molecule has 5 aromatic rings. The van der Waals surface area contributed by atoms with Crippen LogP contribution in [0.3, 0.4) is 0 Å². The molecule has 2 aliphatic heterocycles. The first-order valence-electron chi connectivity index (χ1n) is 17.0. The van der Waals surface area contributed by atoms with Crippen molar-refractivity contribution in [3.8, 4) is 68.2 Å². The summed E-state index contributed by atoms with van der Waals surface area (Å²) in [5.74, 6) is 6.42. The van der Waals surface area contributed by atoms with Gasteiger partial charge in [-0.05, 0) is 59.1 Å². The second kappa shape index (κ2) is 15.1. The van der Waals surface area contributed by atoms with Crippen LogP contribution in [0.4, 0.5) is 0 Å². The molecule has 2 heterocycles. The van der Waals surface area contributed by atoms with Crippen molar-refractivity contribution in [2.45, 2.75) is 24.6 Å². The lowest BCUT2D eigenvalue weighted by Crippen LogP contribution is -2.24. The lowest BCUT2D eigenvalue weighted by atomic mass is 9.93. The molecule has 10 heteroatoms. The monoisotopic (exact) mass is 738 g/mol. The number of fused-ring (bicyclic) bond motifs is 6. The van der Waals surface area contributed by atoms with Gasteiger partial charge in [0.25, 0.3) is 0 Å². The first kappa shape index (κ1) is 35.7. The van der Waals surface area contributed by atoms with Crippen LogP contribution < -0.4 is 48.5 Å². The van der Waals surface area contributed by atoms with Gasteiger partial charge >= 0.3 is 0 Å². The lowest BCUT2D eigenvalue weighted by Gasteiger charge is -2.27. The molecule has 52 heavy (non-hydrogen) atoms. The SMILES string of the molecule is COc1ccc(OC)c2c1CP(c1ccccc1P1Cc3c(OC)ccc(OC)c3-c3c(OC)ccc(OC)c3C1)Cc1c(OC)ccc(OC)c1-2. The second-order valence-corrected chi connectivity index (χ2v) is 16.9. The summed E-state index contributed by atoms with van der Waals surface area (Å²) in [6.45, 7) is 0. The summed E-state index contributed by atoms with van der Waals surface area (Å²) >= 11 is 0. The average molecular weight is 739 g/mol. The standard InChI is InChI=1S/C42H44O8P2/c1-43-29-13-17-33(47-5)39-25(29)21-51(22-26-30(44-2)14-18-34(48-6)40(26)39)37-11-9-10-12-38(37)52-23-27-31(45-3)15-19-35(49-7)41(27)42-28(24-52)32(46-4)16-20-36(42)50-8/h9-20H,21-24H2,1-8H3. The van der Waals surface area contributed by atoms with E-state index in [1.807, 2.05) is 48.5 Å². The molecular formula is C42H44O8P2. The van der Waals surface area contributed by atoms with Crippen LogP contribution in [-0.4, -0.2) is 56.9 Å². The van der Waals surface area contributed by atoms with E-state index in [1.54, 1.807) is 56.9 Å². The molecule has 0 spiro atoms. The fourth-order valence-corrected chi connectivity index (χ4v) is 13.7. The summed E-state index contributed by atoms with van der Waals surface area (Å²) in [6, 6.07) is 25.0. The Morgan fingerprint density at radius 1 is 0.308 bits per heavy atom. The van der Waals surface area contributed by atoms with Gasteiger partial charge in [-0.2, -0.15) is 0 Å². The van der Waals surface area contributed by atoms with Crippen molar-refractivity contribution in [3.05, 3.63) is 95.1 Å². The van der Waals surface area contributed by atoms with Gasteiger partial charge in [0.15, 0.2) is 0 Å². The Bertz CT molecular complexity index is 1850. The lowest BCUT2D eigenvalue weighted by molar-refractivity contribution is 0.396. The number of hydrogen-bond donors (Lipinski definition) is 0. The van der Waals surface area contributed by atoms with Gasteiger partial charge in [-0.25, -0.2) is 0 Å². The predicted octanol–water partition coefficient (Wildman–Crippen LogP) is 8.73. The van der Waals surface area contributed by atoms with E-state index >= 15 is 0 Å². The van der Waals surface area contributed by atoms with Crippen molar-refractivity contribution < 1.29 is 37.9 Å². The van der Waals surface area contributed by atoms with Gasteiger partial charge < -0.3 is 37.9 Å². The van der Waals surface area contributed by atoms with Gasteiger partial charge in [0.05, 0.1) is 56.9 Å². The van der Waals surface area contributed by atoms with Gasteiger partial charge in [0.1, 0.15) is 46.0 Å². The Morgan fingerprint density at radius 2 is 0.519 bits per heavy atom. The number of methoxy groups -OCH3 is 8. The zero-order chi connectivity index (χ0) is 36.5. The molecule has 0 aromatic heterocycles. The van der Waals surface area contributed by atoms with Gasteiger partial charge in [0.2, 0.25) is 0 Å². The molecule has 0 aliphatic carbocycles. The molecular weight excluding hydrogens is 694 g/mol. The maximum atomic E-state index is 6.07. The first-order chi connectivity index (χ1) is 25.4. The normalized spacial score (nSPS) is 13.7. The van der Waals surface area contributed by atoms with Gasteiger partial charge in [-0.3, -0.25) is 0 Å². The molecule has 0 unspecified atom stereocenters. The van der Waals surface area contributed by atoms with E-state index in [-0.39, 0.29) is 0 Å². The molecule has 0 amide bonds. The fourth-order valence-electron chi connectivity index (χ4n) is 7.81. The highest BCUT2D eigenvalue weighted by Gasteiger charge is 2.36. The van der Waals surface area contributed by atoms with E-state index in [0.717, 1.165) is 115 Å². The van der Waals surface area contributed by atoms with Crippen LogP contribution in [0.2, 0.25) is 0 Å². The Labute approximate surface area is 308 Å². The number of rotatable bonds is 10. The second-order valence-electron chi connectivity index (χ2n) is 12.5. The Hall–Kier alpha value is -4.64. The van der Waals surface area contributed by atoms with Gasteiger partial charge in [-0.1, -0.05) is 40.1 Å². The van der Waals surface area contributed by atoms with Crippen LogP contribution in [0.15, 0.2) is 72.8 Å². The van der Waals surface area contributed by atoms with Crippen LogP contribution in [0, 0.1) is 0 Å². The molecule has 0 saturated heterocycles. The molecule has 2 aliphatic rings. The molecule has 7 rings (SSSR count). The third kappa shape index (κ3) is 5.96. The first-order valence-corrected chi connectivity index (χ1v) is 20.4. The van der Waals surface area contributed by atoms with Crippen LogP contribution in [0.1, 0.15) is 22.3 Å². The average Bonchev–Trinajstić information content (AvgIpc) is 3.49. The van der Waals surface area contributed by atoms with Crippen LogP contribution >= 0.6 is 15.8 Å². The number of benzene rings is 5. The third-order valence-electron chi connectivity index (χ3n) is 10.1. The maximum Gasteiger partial charge on any atom is 0.127 e. The molecule has 0 N–H and O–H groups in total. The van der Waals surface area contributed by atoms with Crippen LogP contribution in [0.25, 0.3) is 22.3 Å². The summed E-state index contributed by atoms with van der Waals surface area (Å²) in [5.41, 5.74) is 8.40. The summed E-state index contributed by atoms with van der Waals surface area (Å²) in [4.78, 5) is 0. The highest BCUT2D eigenvalue weighted by Crippen LogP contribution is 2.61. The van der Waals surface area contributed by atoms with Crippen molar-refractivity contribution in [1.82, 2.24) is 0 Å². The Morgan fingerprint density at radius 3 is 0.731 bits per heavy atom. The van der Waals surface area contributed by atoms with Crippen LogP contribution in [-0.2, 0) is 24.6 Å². The van der Waals surface area contributed by atoms with Gasteiger partial charge in [0, 0.05) is 69.2 Å². The predicted molar refractivity (Wildman–Crippen MR) is 211 cm³/mol. The fraction of sp³-hybridized carbons (Fsp3) is 0.286. The Kier molecular flexibility index (Phi) is 10.4. The van der Waals surface area contributed by atoms with Crippen molar-refractivity contribution in [1.29, 1.82) is 0 Å². The number of ether oxygens (including phenoxy) is 8. The molecule has 0 radical (unpaired) electrons. The molecule has 8 nitrogen and oxygen atoms in total. The van der Waals surface area contributed by atoms with E-state index in [9.17, 15) is 0 Å². The molecule has 0 atom stereocenters. The minimum Gasteiger partial charge on any atom is -0.496 e. The van der Waals surface area contributed by atoms with Crippen LogP contribution in [0.5, 0.6) is 46.0 Å². The zero-order valence-electron chi connectivity index (χ0n) is 30.9. The van der Waals surface area contributed by atoms with Gasteiger partial charge in [-0.15, -0.1) is 0 Å². The summed E-state index contributed by atoms with van der Waals surface area (Å²) in [6.07, 6.45) is 3.14. The van der Waals surface area contributed by atoms with Crippen molar-refractivity contribution in [2.24, 2.45) is 0 Å². The van der Waals surface area contributed by atoms with E-state index in [2.05, 4.69) is 24.3 Å². The minimum absolute atomic E-state index is 0.775. The zero-order valence-corrected chi connectivity index (χ0v) is 32.7. The largest absolute Gasteiger partial charge is 0.496 e. The Balaban J connectivity index is 1.47. The summed E-state index contributed by atoms with van der Waals surface area (Å²) < 4.78 is 48.4. The quantitative estimate of drug-likeness (QED) is 0.132. The van der Waals surface area contributed by atoms with Crippen molar-refractivity contribution >= 4 is 26.5 Å². The summed E-state index contributed by atoms with van der Waals surface area (Å²) in [5, 5.41) is 2.71. The summed E-state index contributed by atoms with van der Waals surface area (Å²) in [7, 11) is 12.1. The van der Waals surface area contributed by atoms with E-state index in [1.165, 1.54) is 10.6 Å². The smallest absolute Gasteiger partial charge is 0.127 e. The van der Waals surface area contributed by atoms with E-state index in [4.69, 9.17) is 37.9 Å². The highest BCUT2D eigenvalue weighted by molar-refractivity contribution is 7.70.